The molecule has 8 heteroatoms. The quantitative estimate of drug-likeness (QED) is 0.863. The molecule has 0 aliphatic carbocycles. The van der Waals surface area contributed by atoms with Crippen LogP contribution in [0.2, 0.25) is 0 Å². The summed E-state index contributed by atoms with van der Waals surface area (Å²) in [5.41, 5.74) is 5.86. The van der Waals surface area contributed by atoms with E-state index in [1.165, 1.54) is 23.5 Å². The Morgan fingerprint density at radius 1 is 1.57 bits per heavy atom. The number of benzene rings is 1. The fourth-order valence-electron chi connectivity index (χ4n) is 1.55. The van der Waals surface area contributed by atoms with Gasteiger partial charge in [-0.25, -0.2) is 9.37 Å². The van der Waals surface area contributed by atoms with E-state index in [0.29, 0.717) is 9.60 Å². The van der Waals surface area contributed by atoms with Gasteiger partial charge in [-0.1, -0.05) is 27.3 Å². The number of halogens is 2. The van der Waals surface area contributed by atoms with Gasteiger partial charge in [-0.2, -0.15) is 0 Å². The Hall–Kier alpha value is -1.67. The van der Waals surface area contributed by atoms with Crippen LogP contribution in [0.3, 0.4) is 0 Å². The van der Waals surface area contributed by atoms with Crippen LogP contribution >= 0.6 is 27.3 Å². The molecule has 112 valence electrons. The average molecular weight is 373 g/mol. The minimum absolute atomic E-state index is 0.0985. The summed E-state index contributed by atoms with van der Waals surface area (Å²) in [6.45, 7) is 2.71. The predicted octanol–water partition coefficient (Wildman–Crippen LogP) is 3.34. The third-order valence-corrected chi connectivity index (χ3v) is 4.51. The van der Waals surface area contributed by atoms with Crippen molar-refractivity contribution in [1.29, 1.82) is 0 Å². The number of carbonyl (C=O) groups is 1. The van der Waals surface area contributed by atoms with E-state index in [0.717, 1.165) is 6.54 Å². The van der Waals surface area contributed by atoms with Crippen LogP contribution in [0, 0.1) is 5.82 Å². The number of carbonyl (C=O) groups excluding carboxylic acids is 1. The van der Waals surface area contributed by atoms with Crippen LogP contribution in [0.25, 0.3) is 0 Å². The lowest BCUT2D eigenvalue weighted by Gasteiger charge is -2.10. The van der Waals surface area contributed by atoms with Gasteiger partial charge < -0.3 is 16.0 Å². The first-order valence-corrected chi connectivity index (χ1v) is 7.77. The second-order valence-electron chi connectivity index (χ2n) is 4.30. The van der Waals surface area contributed by atoms with Gasteiger partial charge in [-0.15, -0.1) is 0 Å². The highest BCUT2D eigenvalue weighted by Gasteiger charge is 2.18. The Kier molecular flexibility index (Phi) is 4.79. The molecule has 1 aromatic carbocycles. The second-order valence-corrected chi connectivity index (χ2v) is 6.20. The molecule has 0 radical (unpaired) electrons. The number of thiazole rings is 1. The number of nitrogens with two attached hydrogens (primary N) is 1. The highest BCUT2D eigenvalue weighted by molar-refractivity contribution is 9.10. The molecule has 0 unspecified atom stereocenters. The normalized spacial score (nSPS) is 10.5. The minimum Gasteiger partial charge on any atom is -0.382 e. The van der Waals surface area contributed by atoms with Crippen molar-refractivity contribution in [1.82, 2.24) is 4.98 Å². The zero-order valence-corrected chi connectivity index (χ0v) is 13.9. The topological polar surface area (TPSA) is 71.2 Å². The SMILES string of the molecule is CCN(C)c1nc(N)c(C(=O)Nc2ccc(Br)cc2F)s1. The number of amides is 1. The Balaban J connectivity index is 2.22. The van der Waals surface area contributed by atoms with Gasteiger partial charge in [0.15, 0.2) is 5.13 Å². The summed E-state index contributed by atoms with van der Waals surface area (Å²) in [6, 6.07) is 4.40. The molecule has 0 spiro atoms. The highest BCUT2D eigenvalue weighted by atomic mass is 79.9. The number of nitrogen functional groups attached to an aromatic ring is 1. The molecule has 1 aromatic heterocycles. The number of aromatic nitrogens is 1. The van der Waals surface area contributed by atoms with E-state index < -0.39 is 11.7 Å². The number of nitrogens with one attached hydrogen (secondary N) is 1. The van der Waals surface area contributed by atoms with E-state index in [-0.39, 0.29) is 16.4 Å². The molecule has 2 rings (SSSR count). The number of anilines is 3. The van der Waals surface area contributed by atoms with Gasteiger partial charge in [-0.05, 0) is 25.1 Å². The standard InChI is InChI=1S/C13H14BrFN4OS/c1-3-19(2)13-18-11(16)10(21-13)12(20)17-9-5-4-7(14)6-8(9)15/h4-6H,3,16H2,1-2H3,(H,17,20). The van der Waals surface area contributed by atoms with Crippen molar-refractivity contribution < 1.29 is 9.18 Å². The Morgan fingerprint density at radius 2 is 2.29 bits per heavy atom. The molecule has 3 N–H and O–H groups in total. The summed E-state index contributed by atoms with van der Waals surface area (Å²) in [5, 5.41) is 3.15. The molecule has 2 aromatic rings. The molecule has 0 aliphatic heterocycles. The average Bonchev–Trinajstić information content (AvgIpc) is 2.83. The Morgan fingerprint density at radius 3 is 2.90 bits per heavy atom. The lowest BCUT2D eigenvalue weighted by Crippen LogP contribution is -2.15. The van der Waals surface area contributed by atoms with E-state index in [2.05, 4.69) is 26.2 Å². The molecule has 5 nitrogen and oxygen atoms in total. The zero-order valence-electron chi connectivity index (χ0n) is 11.5. The van der Waals surface area contributed by atoms with Crippen molar-refractivity contribution >= 4 is 49.8 Å². The first-order valence-electron chi connectivity index (χ1n) is 6.16. The monoisotopic (exact) mass is 372 g/mol. The van der Waals surface area contributed by atoms with E-state index >= 15 is 0 Å². The largest absolute Gasteiger partial charge is 0.382 e. The maximum absolute atomic E-state index is 13.7. The summed E-state index contributed by atoms with van der Waals surface area (Å²) < 4.78 is 14.3. The van der Waals surface area contributed by atoms with Gasteiger partial charge in [0.1, 0.15) is 16.5 Å². The molecular formula is C13H14BrFN4OS. The smallest absolute Gasteiger partial charge is 0.269 e. The molecule has 0 saturated heterocycles. The summed E-state index contributed by atoms with van der Waals surface area (Å²) in [7, 11) is 1.86. The van der Waals surface area contributed by atoms with Crippen LogP contribution in [-0.2, 0) is 0 Å². The van der Waals surface area contributed by atoms with Crippen LogP contribution in [0.5, 0.6) is 0 Å². The summed E-state index contributed by atoms with van der Waals surface area (Å²) in [4.78, 5) is 18.5. The Bertz CT molecular complexity index is 676. The molecule has 0 atom stereocenters. The van der Waals surface area contributed by atoms with Crippen LogP contribution in [-0.4, -0.2) is 24.5 Å². The minimum atomic E-state index is -0.522. The fourth-order valence-corrected chi connectivity index (χ4v) is 2.79. The predicted molar refractivity (Wildman–Crippen MR) is 87.5 cm³/mol. The van der Waals surface area contributed by atoms with Gasteiger partial charge in [0.25, 0.3) is 5.91 Å². The number of nitrogens with zero attached hydrogens (tertiary/aromatic N) is 2. The second kappa shape index (κ2) is 6.40. The van der Waals surface area contributed by atoms with Gasteiger partial charge >= 0.3 is 0 Å². The molecule has 0 fully saturated rings. The van der Waals surface area contributed by atoms with E-state index in [1.54, 1.807) is 6.07 Å². The first-order chi connectivity index (χ1) is 9.92. The lowest BCUT2D eigenvalue weighted by atomic mass is 10.3. The Labute approximate surface area is 134 Å². The summed E-state index contributed by atoms with van der Waals surface area (Å²) in [6.07, 6.45) is 0. The molecular weight excluding hydrogens is 359 g/mol. The third-order valence-electron chi connectivity index (χ3n) is 2.83. The van der Waals surface area contributed by atoms with E-state index in [9.17, 15) is 9.18 Å². The van der Waals surface area contributed by atoms with Crippen molar-refractivity contribution in [2.45, 2.75) is 6.92 Å². The van der Waals surface area contributed by atoms with E-state index in [1.807, 2.05) is 18.9 Å². The third kappa shape index (κ3) is 3.51. The number of hydrogen-bond acceptors (Lipinski definition) is 5. The van der Waals surface area contributed by atoms with Crippen molar-refractivity contribution in [2.75, 3.05) is 29.5 Å². The molecule has 21 heavy (non-hydrogen) atoms. The molecule has 0 saturated carbocycles. The zero-order chi connectivity index (χ0) is 15.6. The first kappa shape index (κ1) is 15.7. The lowest BCUT2D eigenvalue weighted by molar-refractivity contribution is 0.103. The van der Waals surface area contributed by atoms with Gasteiger partial charge in [0.05, 0.1) is 5.69 Å². The fraction of sp³-hybridized carbons (Fsp3) is 0.231. The number of rotatable bonds is 4. The van der Waals surface area contributed by atoms with Crippen LogP contribution < -0.4 is 16.0 Å². The maximum atomic E-state index is 13.7. The summed E-state index contributed by atoms with van der Waals surface area (Å²) in [5.74, 6) is -0.848. The van der Waals surface area contributed by atoms with Gasteiger partial charge in [0.2, 0.25) is 0 Å². The van der Waals surface area contributed by atoms with Crippen LogP contribution in [0.15, 0.2) is 22.7 Å². The molecule has 0 bridgehead atoms. The molecule has 1 heterocycles. The van der Waals surface area contributed by atoms with Crippen molar-refractivity contribution in [3.8, 4) is 0 Å². The van der Waals surface area contributed by atoms with Crippen molar-refractivity contribution in [2.24, 2.45) is 0 Å². The van der Waals surface area contributed by atoms with Gasteiger partial charge in [0, 0.05) is 18.1 Å². The number of hydrogen-bond donors (Lipinski definition) is 2. The maximum Gasteiger partial charge on any atom is 0.269 e. The van der Waals surface area contributed by atoms with Crippen LogP contribution in [0.4, 0.5) is 21.0 Å². The van der Waals surface area contributed by atoms with Crippen molar-refractivity contribution in [3.05, 3.63) is 33.4 Å². The highest BCUT2D eigenvalue weighted by Crippen LogP contribution is 2.28. The van der Waals surface area contributed by atoms with Crippen molar-refractivity contribution in [3.63, 3.8) is 0 Å². The van der Waals surface area contributed by atoms with Gasteiger partial charge in [-0.3, -0.25) is 4.79 Å². The van der Waals surface area contributed by atoms with Crippen LogP contribution in [0.1, 0.15) is 16.6 Å². The summed E-state index contributed by atoms with van der Waals surface area (Å²) >= 11 is 4.33. The molecule has 0 aliphatic rings. The molecule has 1 amide bonds. The van der Waals surface area contributed by atoms with E-state index in [4.69, 9.17) is 5.73 Å².